The zero-order valence-electron chi connectivity index (χ0n) is 9.56. The maximum Gasteiger partial charge on any atom is 0.414 e. The molecule has 1 fully saturated rings. The van der Waals surface area contributed by atoms with Gasteiger partial charge in [-0.15, -0.1) is 0 Å². The van der Waals surface area contributed by atoms with Crippen LogP contribution >= 0.6 is 0 Å². The first kappa shape index (κ1) is 11.0. The van der Waals surface area contributed by atoms with Crippen LogP contribution in [0.25, 0.3) is 0 Å². The molecule has 4 nitrogen and oxygen atoms in total. The minimum absolute atomic E-state index is 0.0820. The lowest BCUT2D eigenvalue weighted by Crippen LogP contribution is -2.40. The molecule has 1 N–H and O–H groups in total. The van der Waals surface area contributed by atoms with Crippen LogP contribution in [0.3, 0.4) is 0 Å². The molecule has 0 saturated carbocycles. The van der Waals surface area contributed by atoms with Gasteiger partial charge in [-0.3, -0.25) is 4.90 Å². The number of carbonyl (C=O) groups is 1. The summed E-state index contributed by atoms with van der Waals surface area (Å²) in [4.78, 5) is 13.4. The summed E-state index contributed by atoms with van der Waals surface area (Å²) in [6.45, 7) is 3.19. The Morgan fingerprint density at radius 3 is 2.94 bits per heavy atom. The van der Waals surface area contributed by atoms with E-state index in [1.54, 1.807) is 4.90 Å². The van der Waals surface area contributed by atoms with E-state index in [2.05, 4.69) is 5.32 Å². The Balaban J connectivity index is 2.30. The zero-order chi connectivity index (χ0) is 11.5. The normalized spacial score (nSPS) is 20.0. The van der Waals surface area contributed by atoms with Crippen molar-refractivity contribution in [3.8, 4) is 0 Å². The number of hydrogen-bond donors (Lipinski definition) is 1. The van der Waals surface area contributed by atoms with Crippen LogP contribution in [0, 0.1) is 6.92 Å². The molecule has 1 aromatic carbocycles. The highest BCUT2D eigenvalue weighted by atomic mass is 16.6. The third kappa shape index (κ3) is 1.88. The number of ether oxygens (including phenoxy) is 1. The number of carbonyl (C=O) groups excluding carboxylic acids is 1. The summed E-state index contributed by atoms with van der Waals surface area (Å²) in [6, 6.07) is 7.93. The fourth-order valence-electron chi connectivity index (χ4n) is 1.98. The second-order valence-corrected chi connectivity index (χ2v) is 3.94. The van der Waals surface area contributed by atoms with Crippen LogP contribution in [0.2, 0.25) is 0 Å². The van der Waals surface area contributed by atoms with Crippen LogP contribution in [-0.4, -0.2) is 32.3 Å². The van der Waals surface area contributed by atoms with Gasteiger partial charge >= 0.3 is 6.09 Å². The molecule has 1 atom stereocenters. The number of benzene rings is 1. The highest BCUT2D eigenvalue weighted by Gasteiger charge is 2.34. The number of cyclic esters (lactones) is 1. The van der Waals surface area contributed by atoms with E-state index < -0.39 is 0 Å². The van der Waals surface area contributed by atoms with E-state index in [4.69, 9.17) is 4.74 Å². The number of rotatable bonds is 3. The van der Waals surface area contributed by atoms with Gasteiger partial charge in [0.25, 0.3) is 0 Å². The highest BCUT2D eigenvalue weighted by Crippen LogP contribution is 2.25. The highest BCUT2D eigenvalue weighted by molar-refractivity contribution is 5.91. The number of amides is 1. The molecule has 4 heteroatoms. The second-order valence-electron chi connectivity index (χ2n) is 3.94. The molecule has 1 aliphatic rings. The lowest BCUT2D eigenvalue weighted by Gasteiger charge is -2.22. The Hall–Kier alpha value is -1.55. The maximum absolute atomic E-state index is 11.7. The Morgan fingerprint density at radius 2 is 2.25 bits per heavy atom. The summed E-state index contributed by atoms with van der Waals surface area (Å²) >= 11 is 0. The first-order valence-electron chi connectivity index (χ1n) is 5.40. The summed E-state index contributed by atoms with van der Waals surface area (Å²) < 4.78 is 5.09. The molecular formula is C12H16N2O2. The fourth-order valence-corrected chi connectivity index (χ4v) is 1.98. The molecule has 1 unspecified atom stereocenters. The molecule has 0 radical (unpaired) electrons. The number of hydrogen-bond acceptors (Lipinski definition) is 3. The predicted molar refractivity (Wildman–Crippen MR) is 62.7 cm³/mol. The smallest absolute Gasteiger partial charge is 0.414 e. The number of para-hydroxylation sites is 1. The first-order chi connectivity index (χ1) is 7.74. The van der Waals surface area contributed by atoms with Gasteiger partial charge < -0.3 is 10.1 Å². The predicted octanol–water partition coefficient (Wildman–Crippen LogP) is 1.54. The molecule has 1 aromatic rings. The molecule has 1 heterocycles. The Labute approximate surface area is 95.2 Å². The number of aryl methyl sites for hydroxylation is 1. The fraction of sp³-hybridized carbons (Fsp3) is 0.417. The van der Waals surface area contributed by atoms with Crippen molar-refractivity contribution in [2.45, 2.75) is 13.0 Å². The van der Waals surface area contributed by atoms with Gasteiger partial charge in [0.1, 0.15) is 6.61 Å². The topological polar surface area (TPSA) is 41.6 Å². The molecule has 1 amide bonds. The largest absolute Gasteiger partial charge is 0.447 e. The SMILES string of the molecule is CNCC1COC(=O)N1c1ccccc1C. The summed E-state index contributed by atoms with van der Waals surface area (Å²) in [7, 11) is 1.87. The third-order valence-corrected chi connectivity index (χ3v) is 2.78. The van der Waals surface area contributed by atoms with Crippen LogP contribution in [0.1, 0.15) is 5.56 Å². The van der Waals surface area contributed by atoms with Crippen molar-refractivity contribution in [2.75, 3.05) is 25.1 Å². The molecule has 86 valence electrons. The van der Waals surface area contributed by atoms with Crippen LogP contribution < -0.4 is 10.2 Å². The van der Waals surface area contributed by atoms with Gasteiger partial charge in [-0.05, 0) is 25.6 Å². The summed E-state index contributed by atoms with van der Waals surface area (Å²) in [5.74, 6) is 0. The van der Waals surface area contributed by atoms with E-state index in [0.717, 1.165) is 17.8 Å². The Bertz CT molecular complexity index is 392. The van der Waals surface area contributed by atoms with E-state index >= 15 is 0 Å². The summed E-state index contributed by atoms with van der Waals surface area (Å²) in [6.07, 6.45) is -0.255. The first-order valence-corrected chi connectivity index (χ1v) is 5.40. The van der Waals surface area contributed by atoms with Crippen molar-refractivity contribution in [1.82, 2.24) is 5.32 Å². The van der Waals surface area contributed by atoms with Crippen molar-refractivity contribution in [3.05, 3.63) is 29.8 Å². The molecule has 0 spiro atoms. The van der Waals surface area contributed by atoms with Gasteiger partial charge in [-0.2, -0.15) is 0 Å². The lowest BCUT2D eigenvalue weighted by molar-refractivity contribution is 0.178. The van der Waals surface area contributed by atoms with Gasteiger partial charge in [-0.25, -0.2) is 4.79 Å². The van der Waals surface area contributed by atoms with Crippen molar-refractivity contribution in [2.24, 2.45) is 0 Å². The van der Waals surface area contributed by atoms with Crippen LogP contribution in [-0.2, 0) is 4.74 Å². The maximum atomic E-state index is 11.7. The summed E-state index contributed by atoms with van der Waals surface area (Å²) in [5, 5.41) is 3.08. The van der Waals surface area contributed by atoms with Gasteiger partial charge in [0.2, 0.25) is 0 Å². The van der Waals surface area contributed by atoms with E-state index in [-0.39, 0.29) is 12.1 Å². The second kappa shape index (κ2) is 4.53. The van der Waals surface area contributed by atoms with Crippen molar-refractivity contribution in [1.29, 1.82) is 0 Å². The molecule has 16 heavy (non-hydrogen) atoms. The lowest BCUT2D eigenvalue weighted by atomic mass is 10.1. The molecule has 1 aliphatic heterocycles. The van der Waals surface area contributed by atoms with Crippen LogP contribution in [0.4, 0.5) is 10.5 Å². The van der Waals surface area contributed by atoms with Crippen molar-refractivity contribution < 1.29 is 9.53 Å². The quantitative estimate of drug-likeness (QED) is 0.840. The van der Waals surface area contributed by atoms with Gasteiger partial charge in [-0.1, -0.05) is 18.2 Å². The molecule has 0 bridgehead atoms. The average Bonchev–Trinajstić information content (AvgIpc) is 2.62. The number of likely N-dealkylation sites (N-methyl/N-ethyl adjacent to an activating group) is 1. The zero-order valence-corrected chi connectivity index (χ0v) is 9.56. The molecule has 1 saturated heterocycles. The minimum atomic E-state index is -0.255. The minimum Gasteiger partial charge on any atom is -0.447 e. The Morgan fingerprint density at radius 1 is 1.50 bits per heavy atom. The summed E-state index contributed by atoms with van der Waals surface area (Å²) in [5.41, 5.74) is 2.02. The third-order valence-electron chi connectivity index (χ3n) is 2.78. The van der Waals surface area contributed by atoms with E-state index in [1.165, 1.54) is 0 Å². The van der Waals surface area contributed by atoms with Crippen LogP contribution in [0.15, 0.2) is 24.3 Å². The van der Waals surface area contributed by atoms with E-state index in [0.29, 0.717) is 6.61 Å². The van der Waals surface area contributed by atoms with Gasteiger partial charge in [0, 0.05) is 6.54 Å². The average molecular weight is 220 g/mol. The van der Waals surface area contributed by atoms with Gasteiger partial charge in [0.15, 0.2) is 0 Å². The molecule has 0 aromatic heterocycles. The molecular weight excluding hydrogens is 204 g/mol. The van der Waals surface area contributed by atoms with Gasteiger partial charge in [0.05, 0.1) is 11.7 Å². The Kier molecular flexibility index (Phi) is 3.10. The van der Waals surface area contributed by atoms with E-state index in [1.807, 2.05) is 38.2 Å². The number of nitrogens with zero attached hydrogens (tertiary/aromatic N) is 1. The monoisotopic (exact) mass is 220 g/mol. The molecule has 2 rings (SSSR count). The van der Waals surface area contributed by atoms with Crippen molar-refractivity contribution >= 4 is 11.8 Å². The standard InChI is InChI=1S/C12H16N2O2/c1-9-5-3-4-6-11(9)14-10(7-13-2)8-16-12(14)15/h3-6,10,13H,7-8H2,1-2H3. The molecule has 0 aliphatic carbocycles. The van der Waals surface area contributed by atoms with Crippen LogP contribution in [0.5, 0.6) is 0 Å². The number of nitrogens with one attached hydrogen (secondary N) is 1. The number of anilines is 1. The van der Waals surface area contributed by atoms with E-state index in [9.17, 15) is 4.79 Å². The van der Waals surface area contributed by atoms with Crippen molar-refractivity contribution in [3.63, 3.8) is 0 Å².